The molecule has 5 heteroatoms. The maximum atomic E-state index is 13.2. The van der Waals surface area contributed by atoms with Gasteiger partial charge in [0.2, 0.25) is 10.0 Å². The molecular weight excluding hydrogens is 298 g/mol. The molecule has 124 valence electrons. The second kappa shape index (κ2) is 7.01. The summed E-state index contributed by atoms with van der Waals surface area (Å²) in [6.45, 7) is 6.70. The van der Waals surface area contributed by atoms with Crippen molar-refractivity contribution in [2.24, 2.45) is 0 Å². The summed E-state index contributed by atoms with van der Waals surface area (Å²) in [5.74, 6) is 0.454. The number of benzene rings is 1. The molecule has 1 aliphatic rings. The maximum absolute atomic E-state index is 13.2. The number of ether oxygens (including phenoxy) is 1. The van der Waals surface area contributed by atoms with Gasteiger partial charge >= 0.3 is 0 Å². The number of nitrogens with zero attached hydrogens (tertiary/aromatic N) is 1. The van der Waals surface area contributed by atoms with Gasteiger partial charge in [-0.25, -0.2) is 8.42 Å². The lowest BCUT2D eigenvalue weighted by Gasteiger charge is -2.34. The van der Waals surface area contributed by atoms with Crippen molar-refractivity contribution in [2.45, 2.75) is 63.8 Å². The molecule has 1 heterocycles. The van der Waals surface area contributed by atoms with Crippen molar-refractivity contribution in [1.82, 2.24) is 4.31 Å². The molecule has 0 aromatic heterocycles. The van der Waals surface area contributed by atoms with E-state index in [2.05, 4.69) is 6.92 Å². The number of aryl methyl sites for hydroxylation is 2. The van der Waals surface area contributed by atoms with Crippen LogP contribution in [0.1, 0.15) is 50.7 Å². The monoisotopic (exact) mass is 325 g/mol. The van der Waals surface area contributed by atoms with Gasteiger partial charge < -0.3 is 4.74 Å². The first kappa shape index (κ1) is 17.3. The number of hydrogen-bond acceptors (Lipinski definition) is 3. The number of rotatable bonds is 5. The van der Waals surface area contributed by atoms with Gasteiger partial charge in [0.05, 0.1) is 7.11 Å². The second-order valence-electron chi connectivity index (χ2n) is 5.96. The molecule has 22 heavy (non-hydrogen) atoms. The van der Waals surface area contributed by atoms with Gasteiger partial charge in [-0.05, 0) is 55.9 Å². The van der Waals surface area contributed by atoms with Crippen molar-refractivity contribution in [1.29, 1.82) is 0 Å². The molecule has 4 nitrogen and oxygen atoms in total. The van der Waals surface area contributed by atoms with Crippen LogP contribution < -0.4 is 4.74 Å². The fraction of sp³-hybridized carbons (Fsp3) is 0.647. The molecule has 1 aromatic carbocycles. The van der Waals surface area contributed by atoms with E-state index in [1.54, 1.807) is 10.4 Å². The van der Waals surface area contributed by atoms with Gasteiger partial charge in [0.15, 0.2) is 0 Å². The summed E-state index contributed by atoms with van der Waals surface area (Å²) in [5, 5.41) is 0. The standard InChI is InChI=1S/C17H27NO3S/c1-5-14-12-17(16(21-4)11-13(14)3)22(19,20)18-10-8-7-9-15(18)6-2/h11-12,15H,5-10H2,1-4H3/t15-/m1/s1. The fourth-order valence-electron chi connectivity index (χ4n) is 3.27. The average Bonchev–Trinajstić information content (AvgIpc) is 2.54. The van der Waals surface area contributed by atoms with Crippen LogP contribution in [0.4, 0.5) is 0 Å². The van der Waals surface area contributed by atoms with E-state index in [9.17, 15) is 8.42 Å². The van der Waals surface area contributed by atoms with Crippen LogP contribution in [0, 0.1) is 6.92 Å². The first-order chi connectivity index (χ1) is 10.5. The summed E-state index contributed by atoms with van der Waals surface area (Å²) in [6, 6.07) is 3.75. The minimum atomic E-state index is -3.51. The summed E-state index contributed by atoms with van der Waals surface area (Å²) < 4.78 is 33.4. The fourth-order valence-corrected chi connectivity index (χ4v) is 5.23. The highest BCUT2D eigenvalue weighted by atomic mass is 32.2. The van der Waals surface area contributed by atoms with Gasteiger partial charge in [-0.15, -0.1) is 0 Å². The Labute approximate surface area is 134 Å². The largest absolute Gasteiger partial charge is 0.495 e. The van der Waals surface area contributed by atoms with Crippen molar-refractivity contribution < 1.29 is 13.2 Å². The van der Waals surface area contributed by atoms with Crippen LogP contribution in [-0.4, -0.2) is 32.4 Å². The third kappa shape index (κ3) is 3.15. The Hall–Kier alpha value is -1.07. The van der Waals surface area contributed by atoms with E-state index in [1.165, 1.54) is 7.11 Å². The van der Waals surface area contributed by atoms with Gasteiger partial charge in [-0.3, -0.25) is 0 Å². The van der Waals surface area contributed by atoms with Gasteiger partial charge in [0, 0.05) is 12.6 Å². The van der Waals surface area contributed by atoms with Crippen molar-refractivity contribution >= 4 is 10.0 Å². The molecule has 0 unspecified atom stereocenters. The van der Waals surface area contributed by atoms with Gasteiger partial charge in [0.1, 0.15) is 10.6 Å². The van der Waals surface area contributed by atoms with Gasteiger partial charge in [-0.2, -0.15) is 4.31 Å². The predicted octanol–water partition coefficient (Wildman–Crippen LogP) is 3.52. The molecule has 1 atom stereocenters. The van der Waals surface area contributed by atoms with Crippen molar-refractivity contribution in [3.05, 3.63) is 23.3 Å². The highest BCUT2D eigenvalue weighted by Gasteiger charge is 2.34. The summed E-state index contributed by atoms with van der Waals surface area (Å²) in [7, 11) is -1.97. The summed E-state index contributed by atoms with van der Waals surface area (Å²) in [4.78, 5) is 0.317. The molecule has 1 aromatic rings. The van der Waals surface area contributed by atoms with Crippen LogP contribution in [0.3, 0.4) is 0 Å². The summed E-state index contributed by atoms with van der Waals surface area (Å²) >= 11 is 0. The van der Waals surface area contributed by atoms with E-state index < -0.39 is 10.0 Å². The molecule has 0 radical (unpaired) electrons. The van der Waals surface area contributed by atoms with Crippen molar-refractivity contribution in [3.63, 3.8) is 0 Å². The second-order valence-corrected chi connectivity index (χ2v) is 7.82. The summed E-state index contributed by atoms with van der Waals surface area (Å²) in [5.41, 5.74) is 2.13. The van der Waals surface area contributed by atoms with E-state index in [4.69, 9.17) is 4.74 Å². The van der Waals surface area contributed by atoms with Gasteiger partial charge in [0.25, 0.3) is 0 Å². The number of hydrogen-bond donors (Lipinski definition) is 0. The number of sulfonamides is 1. The molecule has 0 bridgehead atoms. The zero-order chi connectivity index (χ0) is 16.3. The third-order valence-corrected chi connectivity index (χ3v) is 6.61. The summed E-state index contributed by atoms with van der Waals surface area (Å²) in [6.07, 6.45) is 4.66. The lowest BCUT2D eigenvalue weighted by molar-refractivity contribution is 0.246. The Kier molecular flexibility index (Phi) is 5.50. The van der Waals surface area contributed by atoms with Crippen LogP contribution in [0.2, 0.25) is 0 Å². The minimum absolute atomic E-state index is 0.106. The molecule has 0 spiro atoms. The molecule has 0 saturated carbocycles. The van der Waals surface area contributed by atoms with Crippen LogP contribution in [0.25, 0.3) is 0 Å². The van der Waals surface area contributed by atoms with Crippen LogP contribution >= 0.6 is 0 Å². The normalized spacial score (nSPS) is 20.1. The van der Waals surface area contributed by atoms with Crippen LogP contribution in [0.15, 0.2) is 17.0 Å². The Morgan fingerprint density at radius 1 is 1.27 bits per heavy atom. The van der Waals surface area contributed by atoms with E-state index in [0.717, 1.165) is 43.2 Å². The number of methoxy groups -OCH3 is 1. The lowest BCUT2D eigenvalue weighted by atomic mass is 10.0. The third-order valence-electron chi connectivity index (χ3n) is 4.63. The smallest absolute Gasteiger partial charge is 0.247 e. The number of piperidine rings is 1. The van der Waals surface area contributed by atoms with E-state index in [0.29, 0.717) is 17.2 Å². The van der Waals surface area contributed by atoms with Crippen molar-refractivity contribution in [3.8, 4) is 5.75 Å². The highest BCUT2D eigenvalue weighted by molar-refractivity contribution is 7.89. The van der Waals surface area contributed by atoms with E-state index in [-0.39, 0.29) is 6.04 Å². The molecule has 1 fully saturated rings. The Morgan fingerprint density at radius 2 is 2.00 bits per heavy atom. The quantitative estimate of drug-likeness (QED) is 0.832. The molecule has 0 N–H and O–H groups in total. The molecule has 2 rings (SSSR count). The molecule has 1 aliphatic heterocycles. The maximum Gasteiger partial charge on any atom is 0.247 e. The van der Waals surface area contributed by atoms with E-state index in [1.807, 2.05) is 19.9 Å². The molecule has 1 saturated heterocycles. The van der Waals surface area contributed by atoms with Crippen LogP contribution in [-0.2, 0) is 16.4 Å². The highest BCUT2D eigenvalue weighted by Crippen LogP contribution is 2.33. The molecule has 0 aliphatic carbocycles. The Balaban J connectivity index is 2.52. The topological polar surface area (TPSA) is 46.6 Å². The van der Waals surface area contributed by atoms with Gasteiger partial charge in [-0.1, -0.05) is 20.3 Å². The Morgan fingerprint density at radius 3 is 2.59 bits per heavy atom. The first-order valence-corrected chi connectivity index (χ1v) is 9.59. The molecular formula is C17H27NO3S. The Bertz CT molecular complexity index is 625. The first-order valence-electron chi connectivity index (χ1n) is 8.15. The predicted molar refractivity (Wildman–Crippen MR) is 88.9 cm³/mol. The zero-order valence-electron chi connectivity index (χ0n) is 14.1. The van der Waals surface area contributed by atoms with E-state index >= 15 is 0 Å². The zero-order valence-corrected chi connectivity index (χ0v) is 14.9. The van der Waals surface area contributed by atoms with Crippen molar-refractivity contribution in [2.75, 3.05) is 13.7 Å². The SMILES string of the molecule is CCc1cc(S(=O)(=O)N2CCCC[C@H]2CC)c(OC)cc1C. The van der Waals surface area contributed by atoms with Crippen LogP contribution in [0.5, 0.6) is 5.75 Å². The minimum Gasteiger partial charge on any atom is -0.495 e. The average molecular weight is 325 g/mol. The lowest BCUT2D eigenvalue weighted by Crippen LogP contribution is -2.43. The molecule has 0 amide bonds.